The zero-order valence-electron chi connectivity index (χ0n) is 5.89. The van der Waals surface area contributed by atoms with Gasteiger partial charge in [0.15, 0.2) is 11.9 Å². The third-order valence-corrected chi connectivity index (χ3v) is 1.48. The summed E-state index contributed by atoms with van der Waals surface area (Å²) in [4.78, 5) is 21.0. The van der Waals surface area contributed by atoms with Gasteiger partial charge in [-0.15, -0.1) is 0 Å². The van der Waals surface area contributed by atoms with Crippen molar-refractivity contribution in [3.05, 3.63) is 0 Å². The zero-order chi connectivity index (χ0) is 8.15. The molecular weight excluding hydrogens is 200 g/mol. The molecule has 0 aromatic carbocycles. The molecule has 0 aromatic heterocycles. The molecule has 0 heterocycles. The van der Waals surface area contributed by atoms with Crippen LogP contribution in [-0.4, -0.2) is 23.2 Å². The Morgan fingerprint density at radius 1 is 1.60 bits per heavy atom. The molecule has 0 rings (SSSR count). The standard InChI is InChI=1S/C6H9BrO3/c1-4(6(9)3-7)10-5(2)8/h4H,3H2,1-2H3. The molecule has 58 valence electrons. The van der Waals surface area contributed by atoms with Crippen molar-refractivity contribution in [3.8, 4) is 0 Å². The Balaban J connectivity index is 3.72. The van der Waals surface area contributed by atoms with E-state index in [1.165, 1.54) is 6.92 Å². The lowest BCUT2D eigenvalue weighted by molar-refractivity contribution is -0.150. The fraction of sp³-hybridized carbons (Fsp3) is 0.667. The zero-order valence-corrected chi connectivity index (χ0v) is 7.47. The Kier molecular flexibility index (Phi) is 4.27. The Labute approximate surface area is 67.9 Å². The summed E-state index contributed by atoms with van der Waals surface area (Å²) in [5, 5.41) is 0.224. The maximum Gasteiger partial charge on any atom is 0.303 e. The van der Waals surface area contributed by atoms with Crippen molar-refractivity contribution in [2.75, 3.05) is 5.33 Å². The summed E-state index contributed by atoms with van der Waals surface area (Å²) in [6.07, 6.45) is -0.628. The summed E-state index contributed by atoms with van der Waals surface area (Å²) in [5.74, 6) is -0.558. The van der Waals surface area contributed by atoms with Crippen LogP contribution in [0.2, 0.25) is 0 Å². The topological polar surface area (TPSA) is 43.4 Å². The molecule has 1 atom stereocenters. The van der Waals surface area contributed by atoms with Crippen molar-refractivity contribution < 1.29 is 14.3 Å². The van der Waals surface area contributed by atoms with Crippen LogP contribution in [0.3, 0.4) is 0 Å². The first-order chi connectivity index (χ1) is 4.57. The molecule has 0 aliphatic heterocycles. The van der Waals surface area contributed by atoms with Crippen LogP contribution in [0, 0.1) is 0 Å². The largest absolute Gasteiger partial charge is 0.455 e. The molecule has 0 aromatic rings. The van der Waals surface area contributed by atoms with Crippen LogP contribution in [-0.2, 0) is 14.3 Å². The molecule has 0 saturated heterocycles. The van der Waals surface area contributed by atoms with E-state index in [2.05, 4.69) is 20.7 Å². The summed E-state index contributed by atoms with van der Waals surface area (Å²) in [6, 6.07) is 0. The van der Waals surface area contributed by atoms with Gasteiger partial charge in [0.05, 0.1) is 5.33 Å². The molecule has 1 unspecified atom stereocenters. The van der Waals surface area contributed by atoms with E-state index in [0.29, 0.717) is 0 Å². The Bertz CT molecular complexity index is 144. The first kappa shape index (κ1) is 9.62. The van der Waals surface area contributed by atoms with Crippen LogP contribution < -0.4 is 0 Å². The molecule has 0 fully saturated rings. The van der Waals surface area contributed by atoms with Gasteiger partial charge in [0.1, 0.15) is 0 Å². The third kappa shape index (κ3) is 3.61. The fourth-order valence-electron chi connectivity index (χ4n) is 0.423. The molecule has 0 amide bonds. The van der Waals surface area contributed by atoms with Crippen molar-refractivity contribution in [2.45, 2.75) is 20.0 Å². The quantitative estimate of drug-likeness (QED) is 0.512. The van der Waals surface area contributed by atoms with Crippen molar-refractivity contribution >= 4 is 27.7 Å². The number of hydrogen-bond donors (Lipinski definition) is 0. The second kappa shape index (κ2) is 4.44. The normalized spacial score (nSPS) is 12.3. The van der Waals surface area contributed by atoms with Crippen LogP contribution >= 0.6 is 15.9 Å². The van der Waals surface area contributed by atoms with Crippen LogP contribution in [0.15, 0.2) is 0 Å². The predicted octanol–water partition coefficient (Wildman–Crippen LogP) is 0.902. The summed E-state index contributed by atoms with van der Waals surface area (Å²) in [7, 11) is 0. The minimum absolute atomic E-state index is 0.129. The lowest BCUT2D eigenvalue weighted by atomic mass is 10.3. The number of ether oxygens (including phenoxy) is 1. The molecule has 0 saturated carbocycles. The van der Waals surface area contributed by atoms with Gasteiger partial charge in [0.25, 0.3) is 0 Å². The van der Waals surface area contributed by atoms with Crippen molar-refractivity contribution in [2.24, 2.45) is 0 Å². The van der Waals surface area contributed by atoms with Crippen LogP contribution in [0.25, 0.3) is 0 Å². The van der Waals surface area contributed by atoms with Crippen molar-refractivity contribution in [1.29, 1.82) is 0 Å². The summed E-state index contributed by atoms with van der Waals surface area (Å²) in [5.41, 5.74) is 0. The molecule has 4 heteroatoms. The summed E-state index contributed by atoms with van der Waals surface area (Å²) < 4.78 is 4.58. The second-order valence-electron chi connectivity index (χ2n) is 1.85. The van der Waals surface area contributed by atoms with E-state index in [4.69, 9.17) is 0 Å². The number of carbonyl (C=O) groups is 2. The lowest BCUT2D eigenvalue weighted by Crippen LogP contribution is -2.23. The highest BCUT2D eigenvalue weighted by atomic mass is 79.9. The minimum atomic E-state index is -0.628. The summed E-state index contributed by atoms with van der Waals surface area (Å²) in [6.45, 7) is 2.82. The highest BCUT2D eigenvalue weighted by Gasteiger charge is 2.13. The molecular formula is C6H9BrO3. The predicted molar refractivity (Wildman–Crippen MR) is 40.0 cm³/mol. The van der Waals surface area contributed by atoms with E-state index in [0.717, 1.165) is 0 Å². The Morgan fingerprint density at radius 3 is 2.40 bits per heavy atom. The first-order valence-electron chi connectivity index (χ1n) is 2.83. The molecule has 0 aliphatic carbocycles. The Hall–Kier alpha value is -0.380. The van der Waals surface area contributed by atoms with E-state index in [9.17, 15) is 9.59 Å². The SMILES string of the molecule is CC(=O)OC(C)C(=O)CBr. The maximum absolute atomic E-state index is 10.7. The summed E-state index contributed by atoms with van der Waals surface area (Å²) >= 11 is 2.96. The van der Waals surface area contributed by atoms with Gasteiger partial charge in [-0.1, -0.05) is 15.9 Å². The van der Waals surface area contributed by atoms with E-state index in [1.54, 1.807) is 6.92 Å². The van der Waals surface area contributed by atoms with Crippen LogP contribution in [0.1, 0.15) is 13.8 Å². The second-order valence-corrected chi connectivity index (χ2v) is 2.41. The van der Waals surface area contributed by atoms with Gasteiger partial charge >= 0.3 is 5.97 Å². The number of alkyl halides is 1. The molecule has 0 radical (unpaired) electrons. The van der Waals surface area contributed by atoms with E-state index in [1.807, 2.05) is 0 Å². The fourth-order valence-corrected chi connectivity index (χ4v) is 0.879. The molecule has 3 nitrogen and oxygen atoms in total. The van der Waals surface area contributed by atoms with Gasteiger partial charge < -0.3 is 4.74 Å². The number of carbonyl (C=O) groups excluding carboxylic acids is 2. The van der Waals surface area contributed by atoms with Crippen LogP contribution in [0.5, 0.6) is 0 Å². The van der Waals surface area contributed by atoms with E-state index in [-0.39, 0.29) is 11.1 Å². The van der Waals surface area contributed by atoms with Gasteiger partial charge in [-0.2, -0.15) is 0 Å². The van der Waals surface area contributed by atoms with Crippen LogP contribution in [0.4, 0.5) is 0 Å². The number of Topliss-reactive ketones (excluding diaryl/α,β-unsaturated/α-hetero) is 1. The van der Waals surface area contributed by atoms with E-state index >= 15 is 0 Å². The average Bonchev–Trinajstić information content (AvgIpc) is 1.85. The highest BCUT2D eigenvalue weighted by Crippen LogP contribution is 1.95. The molecule has 10 heavy (non-hydrogen) atoms. The molecule has 0 bridgehead atoms. The minimum Gasteiger partial charge on any atom is -0.455 e. The number of halogens is 1. The van der Waals surface area contributed by atoms with Gasteiger partial charge in [-0.3, -0.25) is 9.59 Å². The lowest BCUT2D eigenvalue weighted by Gasteiger charge is -2.07. The smallest absolute Gasteiger partial charge is 0.303 e. The maximum atomic E-state index is 10.7. The monoisotopic (exact) mass is 208 g/mol. The Morgan fingerprint density at radius 2 is 2.10 bits per heavy atom. The highest BCUT2D eigenvalue weighted by molar-refractivity contribution is 9.09. The van der Waals surface area contributed by atoms with Gasteiger partial charge in [0.2, 0.25) is 0 Å². The van der Waals surface area contributed by atoms with E-state index < -0.39 is 12.1 Å². The van der Waals surface area contributed by atoms with Gasteiger partial charge in [-0.05, 0) is 6.92 Å². The first-order valence-corrected chi connectivity index (χ1v) is 3.96. The van der Waals surface area contributed by atoms with Crippen molar-refractivity contribution in [3.63, 3.8) is 0 Å². The molecule has 0 N–H and O–H groups in total. The van der Waals surface area contributed by atoms with Crippen molar-refractivity contribution in [1.82, 2.24) is 0 Å². The number of hydrogen-bond acceptors (Lipinski definition) is 3. The number of ketones is 1. The third-order valence-electron chi connectivity index (χ3n) is 0.928. The number of esters is 1. The van der Waals surface area contributed by atoms with Gasteiger partial charge in [0, 0.05) is 6.92 Å². The molecule has 0 spiro atoms. The molecule has 0 aliphatic rings. The number of rotatable bonds is 3. The average molecular weight is 209 g/mol. The van der Waals surface area contributed by atoms with Gasteiger partial charge in [-0.25, -0.2) is 0 Å².